The Morgan fingerprint density at radius 1 is 1.00 bits per heavy atom. The lowest BCUT2D eigenvalue weighted by atomic mass is 10.2. The summed E-state index contributed by atoms with van der Waals surface area (Å²) >= 11 is 0. The number of nitrogens with zero attached hydrogens (tertiary/aromatic N) is 1. The summed E-state index contributed by atoms with van der Waals surface area (Å²) in [5, 5.41) is 0. The van der Waals surface area contributed by atoms with Crippen LogP contribution in [0, 0.1) is 25.6 Å². The Labute approximate surface area is 85.2 Å². The van der Waals surface area contributed by atoms with Crippen molar-refractivity contribution in [2.75, 3.05) is 0 Å². The lowest BCUT2D eigenvalue weighted by Gasteiger charge is -1.97. The molecule has 1 nitrogen and oxygen atoms in total. The van der Waals surface area contributed by atoms with E-state index in [1.165, 1.54) is 13.0 Å². The van der Waals surface area contributed by atoms with Crippen LogP contribution in [0.4, 0.5) is 8.78 Å². The first-order chi connectivity index (χ1) is 6.61. The van der Waals surface area contributed by atoms with Crippen LogP contribution in [0.15, 0.2) is 6.07 Å². The van der Waals surface area contributed by atoms with Crippen molar-refractivity contribution < 1.29 is 8.78 Å². The van der Waals surface area contributed by atoms with Gasteiger partial charge in [-0.25, -0.2) is 9.37 Å². The van der Waals surface area contributed by atoms with E-state index in [9.17, 15) is 8.78 Å². The van der Waals surface area contributed by atoms with Crippen molar-refractivity contribution in [2.45, 2.75) is 41.5 Å². The molecule has 0 amide bonds. The summed E-state index contributed by atoms with van der Waals surface area (Å²) in [7, 11) is 0. The lowest BCUT2D eigenvalue weighted by molar-refractivity contribution is 0.533. The van der Waals surface area contributed by atoms with E-state index in [4.69, 9.17) is 0 Å². The van der Waals surface area contributed by atoms with E-state index in [2.05, 4.69) is 4.98 Å². The first-order valence-electron chi connectivity index (χ1n) is 4.90. The highest BCUT2D eigenvalue weighted by Gasteiger charge is 2.04. The molecule has 0 N–H and O–H groups in total. The second kappa shape index (κ2) is 8.60. The molecule has 0 aromatic carbocycles. The Kier molecular flexibility index (Phi) is 9.51. The maximum Gasteiger partial charge on any atom is 0.218 e. The summed E-state index contributed by atoms with van der Waals surface area (Å²) in [5.74, 6) is -1.26. The molecule has 0 saturated heterocycles. The van der Waals surface area contributed by atoms with Gasteiger partial charge in [-0.2, -0.15) is 4.39 Å². The quantitative estimate of drug-likeness (QED) is 0.580. The first kappa shape index (κ1) is 15.5. The van der Waals surface area contributed by atoms with Crippen LogP contribution in [-0.2, 0) is 0 Å². The predicted molar refractivity (Wildman–Crippen MR) is 56.3 cm³/mol. The van der Waals surface area contributed by atoms with Crippen LogP contribution in [-0.4, -0.2) is 4.98 Å². The van der Waals surface area contributed by atoms with Crippen LogP contribution in [0.25, 0.3) is 0 Å². The number of hydrogen-bond donors (Lipinski definition) is 0. The van der Waals surface area contributed by atoms with Crippen molar-refractivity contribution in [3.05, 3.63) is 29.1 Å². The maximum atomic E-state index is 12.6. The molecule has 0 aliphatic rings. The van der Waals surface area contributed by atoms with Crippen molar-refractivity contribution in [3.8, 4) is 0 Å². The molecule has 82 valence electrons. The number of hydrogen-bond acceptors (Lipinski definition) is 1. The highest BCUT2D eigenvalue weighted by molar-refractivity contribution is 5.15. The number of aryl methyl sites for hydroxylation is 1. The van der Waals surface area contributed by atoms with Gasteiger partial charge in [-0.3, -0.25) is 0 Å². The van der Waals surface area contributed by atoms with E-state index < -0.39 is 11.8 Å². The lowest BCUT2D eigenvalue weighted by Crippen LogP contribution is -1.94. The van der Waals surface area contributed by atoms with Crippen LogP contribution in [0.2, 0.25) is 0 Å². The SMILES string of the molecule is CC.CC.Cc1cc(F)c(C)c(F)n1. The van der Waals surface area contributed by atoms with Crippen molar-refractivity contribution in [2.24, 2.45) is 0 Å². The molecule has 0 fully saturated rings. The van der Waals surface area contributed by atoms with Crippen molar-refractivity contribution in [3.63, 3.8) is 0 Å². The number of pyridine rings is 1. The van der Waals surface area contributed by atoms with E-state index in [-0.39, 0.29) is 5.56 Å². The minimum absolute atomic E-state index is 0.0226. The van der Waals surface area contributed by atoms with Crippen molar-refractivity contribution in [1.82, 2.24) is 4.98 Å². The second-order valence-electron chi connectivity index (χ2n) is 2.16. The van der Waals surface area contributed by atoms with Gasteiger partial charge in [0.1, 0.15) is 5.82 Å². The zero-order valence-electron chi connectivity index (χ0n) is 9.78. The van der Waals surface area contributed by atoms with Gasteiger partial charge in [0.15, 0.2) is 0 Å². The van der Waals surface area contributed by atoms with Gasteiger partial charge < -0.3 is 0 Å². The van der Waals surface area contributed by atoms with Crippen LogP contribution in [0.1, 0.15) is 39.0 Å². The average Bonchev–Trinajstić information content (AvgIpc) is 2.20. The smallest absolute Gasteiger partial charge is 0.218 e. The minimum atomic E-state index is -0.725. The zero-order chi connectivity index (χ0) is 11.7. The van der Waals surface area contributed by atoms with Gasteiger partial charge in [-0.15, -0.1) is 0 Å². The summed E-state index contributed by atoms with van der Waals surface area (Å²) < 4.78 is 25.0. The minimum Gasteiger partial charge on any atom is -0.225 e. The predicted octanol–water partition coefficient (Wildman–Crippen LogP) is 4.03. The van der Waals surface area contributed by atoms with Gasteiger partial charge in [-0.1, -0.05) is 27.7 Å². The third-order valence-corrected chi connectivity index (χ3v) is 1.28. The fourth-order valence-electron chi connectivity index (χ4n) is 0.661. The molecule has 3 heteroatoms. The van der Waals surface area contributed by atoms with Crippen LogP contribution in [0.5, 0.6) is 0 Å². The largest absolute Gasteiger partial charge is 0.225 e. The summed E-state index contributed by atoms with van der Waals surface area (Å²) in [4.78, 5) is 3.43. The highest BCUT2D eigenvalue weighted by atomic mass is 19.1. The van der Waals surface area contributed by atoms with E-state index in [1.807, 2.05) is 27.7 Å². The second-order valence-corrected chi connectivity index (χ2v) is 2.16. The number of halogens is 2. The summed E-state index contributed by atoms with van der Waals surface area (Å²) in [6.07, 6.45) is 0. The Hall–Kier alpha value is -0.990. The molecule has 0 bridgehead atoms. The maximum absolute atomic E-state index is 12.6. The Bertz CT molecular complexity index is 236. The summed E-state index contributed by atoms with van der Waals surface area (Å²) in [5.41, 5.74) is 0.339. The molecule has 0 spiro atoms. The third-order valence-electron chi connectivity index (χ3n) is 1.28. The van der Waals surface area contributed by atoms with Crippen molar-refractivity contribution >= 4 is 0 Å². The molecule has 0 unspecified atom stereocenters. The number of aromatic nitrogens is 1. The molecule has 14 heavy (non-hydrogen) atoms. The molecule has 0 saturated carbocycles. The van der Waals surface area contributed by atoms with Gasteiger partial charge in [0.2, 0.25) is 5.95 Å². The molecule has 0 aliphatic carbocycles. The van der Waals surface area contributed by atoms with Crippen molar-refractivity contribution in [1.29, 1.82) is 0 Å². The van der Waals surface area contributed by atoms with Crippen LogP contribution < -0.4 is 0 Å². The fourth-order valence-corrected chi connectivity index (χ4v) is 0.661. The molecule has 0 atom stereocenters. The summed E-state index contributed by atoms with van der Waals surface area (Å²) in [6.45, 7) is 10.9. The molecule has 1 aromatic heterocycles. The van der Waals surface area contributed by atoms with E-state index >= 15 is 0 Å². The van der Waals surface area contributed by atoms with Crippen LogP contribution in [0.3, 0.4) is 0 Å². The molecule has 1 rings (SSSR count). The molecule has 1 aromatic rings. The molecule has 0 radical (unpaired) electrons. The molecule has 0 aliphatic heterocycles. The van der Waals surface area contributed by atoms with Gasteiger partial charge in [0, 0.05) is 11.3 Å². The van der Waals surface area contributed by atoms with Gasteiger partial charge in [-0.05, 0) is 19.9 Å². The Morgan fingerprint density at radius 3 is 1.79 bits per heavy atom. The Morgan fingerprint density at radius 2 is 1.43 bits per heavy atom. The van der Waals surface area contributed by atoms with Gasteiger partial charge >= 0.3 is 0 Å². The zero-order valence-corrected chi connectivity index (χ0v) is 9.78. The van der Waals surface area contributed by atoms with E-state index in [0.29, 0.717) is 5.69 Å². The normalized spacial score (nSPS) is 8.00. The highest BCUT2D eigenvalue weighted by Crippen LogP contribution is 2.09. The van der Waals surface area contributed by atoms with Gasteiger partial charge in [0.25, 0.3) is 0 Å². The monoisotopic (exact) mass is 203 g/mol. The fraction of sp³-hybridized carbons (Fsp3) is 0.545. The van der Waals surface area contributed by atoms with E-state index in [0.717, 1.165) is 0 Å². The third kappa shape index (κ3) is 4.90. The van der Waals surface area contributed by atoms with Gasteiger partial charge in [0.05, 0.1) is 0 Å². The average molecular weight is 203 g/mol. The van der Waals surface area contributed by atoms with Crippen LogP contribution >= 0.6 is 0 Å². The molecule has 1 heterocycles. The molecular formula is C11H19F2N. The molecular weight excluding hydrogens is 184 g/mol. The standard InChI is InChI=1S/C7H7F2N.2C2H6/c1-4-3-6(8)5(2)7(9)10-4;2*1-2/h3H,1-2H3;2*1-2H3. The summed E-state index contributed by atoms with van der Waals surface area (Å²) in [6, 6.07) is 1.21. The topological polar surface area (TPSA) is 12.9 Å². The van der Waals surface area contributed by atoms with E-state index in [1.54, 1.807) is 6.92 Å². The Balaban J connectivity index is 0. The number of rotatable bonds is 0. The first-order valence-corrected chi connectivity index (χ1v) is 4.90.